The molecule has 1 atom stereocenters. The molecular formula is C17H15N3O4. The normalized spacial score (nSPS) is 18.2. The summed E-state index contributed by atoms with van der Waals surface area (Å²) in [6.07, 6.45) is 0.798. The van der Waals surface area contributed by atoms with Gasteiger partial charge in [-0.25, -0.2) is 0 Å². The molecule has 4 rings (SSSR count). The Hall–Kier alpha value is -3.09. The molecule has 1 N–H and O–H groups in total. The van der Waals surface area contributed by atoms with E-state index in [0.29, 0.717) is 5.75 Å². The Morgan fingerprint density at radius 3 is 2.62 bits per heavy atom. The average molecular weight is 325 g/mol. The molecular weight excluding hydrogens is 310 g/mol. The zero-order valence-corrected chi connectivity index (χ0v) is 13.0. The van der Waals surface area contributed by atoms with Crippen molar-refractivity contribution in [2.24, 2.45) is 5.10 Å². The number of nitro groups is 1. The monoisotopic (exact) mass is 325 g/mol. The van der Waals surface area contributed by atoms with Gasteiger partial charge in [0.15, 0.2) is 11.5 Å². The molecule has 0 amide bonds. The minimum atomic E-state index is -0.412. The number of hydrogen-bond acceptors (Lipinski definition) is 6. The molecule has 7 heteroatoms. The van der Waals surface area contributed by atoms with Crippen LogP contribution in [0, 0.1) is 10.1 Å². The SMILES string of the molecule is C[C@@H]1Cc2cc3c(cc2C(c2ccc([N+](=O)[O-])cc2)=NN1)OCO3. The first-order valence-electron chi connectivity index (χ1n) is 7.63. The van der Waals surface area contributed by atoms with Crippen LogP contribution >= 0.6 is 0 Å². The molecule has 2 aliphatic rings. The second-order valence-electron chi connectivity index (χ2n) is 5.86. The van der Waals surface area contributed by atoms with Crippen molar-refractivity contribution in [2.75, 3.05) is 6.79 Å². The Labute approximate surface area is 138 Å². The van der Waals surface area contributed by atoms with Crippen LogP contribution in [0.2, 0.25) is 0 Å². The first-order valence-corrected chi connectivity index (χ1v) is 7.63. The summed E-state index contributed by atoms with van der Waals surface area (Å²) in [4.78, 5) is 10.4. The average Bonchev–Trinajstić information content (AvgIpc) is 2.96. The van der Waals surface area contributed by atoms with E-state index in [2.05, 4.69) is 17.5 Å². The van der Waals surface area contributed by atoms with Crippen LogP contribution in [0.4, 0.5) is 5.69 Å². The topological polar surface area (TPSA) is 86.0 Å². The van der Waals surface area contributed by atoms with E-state index < -0.39 is 4.92 Å². The van der Waals surface area contributed by atoms with Gasteiger partial charge in [-0.1, -0.05) is 0 Å². The molecule has 2 aliphatic heterocycles. The fourth-order valence-electron chi connectivity index (χ4n) is 2.94. The quantitative estimate of drug-likeness (QED) is 0.677. The molecule has 0 saturated carbocycles. The van der Waals surface area contributed by atoms with Gasteiger partial charge in [-0.15, -0.1) is 0 Å². The lowest BCUT2D eigenvalue weighted by Gasteiger charge is -2.11. The van der Waals surface area contributed by atoms with Crippen molar-refractivity contribution in [3.8, 4) is 11.5 Å². The van der Waals surface area contributed by atoms with Crippen molar-refractivity contribution >= 4 is 11.4 Å². The molecule has 0 radical (unpaired) electrons. The number of nitrogens with zero attached hydrogens (tertiary/aromatic N) is 2. The largest absolute Gasteiger partial charge is 0.454 e. The fourth-order valence-corrected chi connectivity index (χ4v) is 2.94. The van der Waals surface area contributed by atoms with Gasteiger partial charge in [0.2, 0.25) is 6.79 Å². The number of nitrogens with one attached hydrogen (secondary N) is 1. The lowest BCUT2D eigenvalue weighted by molar-refractivity contribution is -0.384. The number of benzene rings is 2. The number of hydrogen-bond donors (Lipinski definition) is 1. The van der Waals surface area contributed by atoms with E-state index in [1.54, 1.807) is 12.1 Å². The highest BCUT2D eigenvalue weighted by atomic mass is 16.7. The molecule has 0 spiro atoms. The standard InChI is InChI=1S/C17H15N3O4/c1-10-6-12-7-15-16(24-9-23-15)8-14(12)17(19-18-10)11-2-4-13(5-3-11)20(21)22/h2-5,7-8,10,18H,6,9H2,1H3/t10-/m1/s1. The molecule has 0 aromatic heterocycles. The predicted octanol–water partition coefficient (Wildman–Crippen LogP) is 2.61. The maximum absolute atomic E-state index is 10.8. The smallest absolute Gasteiger partial charge is 0.269 e. The molecule has 2 heterocycles. The van der Waals surface area contributed by atoms with Crippen LogP contribution in [0.3, 0.4) is 0 Å². The summed E-state index contributed by atoms with van der Waals surface area (Å²) in [6, 6.07) is 10.5. The first-order chi connectivity index (χ1) is 11.6. The summed E-state index contributed by atoms with van der Waals surface area (Å²) < 4.78 is 10.9. The van der Waals surface area contributed by atoms with E-state index in [0.717, 1.165) is 34.6 Å². The van der Waals surface area contributed by atoms with Crippen LogP contribution < -0.4 is 14.9 Å². The van der Waals surface area contributed by atoms with Crippen LogP contribution in [0.1, 0.15) is 23.6 Å². The van der Waals surface area contributed by atoms with E-state index in [4.69, 9.17) is 9.47 Å². The second-order valence-corrected chi connectivity index (χ2v) is 5.86. The number of nitro benzene ring substituents is 1. The lowest BCUT2D eigenvalue weighted by atomic mass is 9.94. The number of ether oxygens (including phenoxy) is 2. The number of hydrazone groups is 1. The van der Waals surface area contributed by atoms with E-state index in [9.17, 15) is 10.1 Å². The van der Waals surface area contributed by atoms with Gasteiger partial charge in [0.1, 0.15) is 0 Å². The van der Waals surface area contributed by atoms with E-state index >= 15 is 0 Å². The van der Waals surface area contributed by atoms with E-state index in [1.807, 2.05) is 12.1 Å². The molecule has 7 nitrogen and oxygen atoms in total. The highest BCUT2D eigenvalue weighted by Gasteiger charge is 2.24. The number of non-ortho nitro benzene ring substituents is 1. The van der Waals surface area contributed by atoms with Crippen LogP contribution in [0.5, 0.6) is 11.5 Å². The van der Waals surface area contributed by atoms with E-state index in [-0.39, 0.29) is 18.5 Å². The highest BCUT2D eigenvalue weighted by molar-refractivity contribution is 6.14. The van der Waals surface area contributed by atoms with Gasteiger partial charge in [0.25, 0.3) is 5.69 Å². The first kappa shape index (κ1) is 14.5. The zero-order valence-electron chi connectivity index (χ0n) is 13.0. The Bertz CT molecular complexity index is 846. The van der Waals surface area contributed by atoms with Gasteiger partial charge in [0, 0.05) is 29.3 Å². The second kappa shape index (κ2) is 5.52. The molecule has 24 heavy (non-hydrogen) atoms. The molecule has 0 unspecified atom stereocenters. The van der Waals surface area contributed by atoms with Gasteiger partial charge in [-0.3, -0.25) is 10.1 Å². The van der Waals surface area contributed by atoms with Crippen LogP contribution in [-0.2, 0) is 6.42 Å². The predicted molar refractivity (Wildman–Crippen MR) is 87.6 cm³/mol. The summed E-state index contributed by atoms with van der Waals surface area (Å²) >= 11 is 0. The van der Waals surface area contributed by atoms with Gasteiger partial charge in [-0.05, 0) is 43.2 Å². The minimum Gasteiger partial charge on any atom is -0.454 e. The zero-order chi connectivity index (χ0) is 16.7. The van der Waals surface area contributed by atoms with Crippen molar-refractivity contribution < 1.29 is 14.4 Å². The molecule has 122 valence electrons. The highest BCUT2D eigenvalue weighted by Crippen LogP contribution is 2.36. The van der Waals surface area contributed by atoms with Gasteiger partial charge >= 0.3 is 0 Å². The Morgan fingerprint density at radius 1 is 1.21 bits per heavy atom. The number of rotatable bonds is 2. The molecule has 0 saturated heterocycles. The fraction of sp³-hybridized carbons (Fsp3) is 0.235. The van der Waals surface area contributed by atoms with Crippen molar-refractivity contribution in [3.63, 3.8) is 0 Å². The van der Waals surface area contributed by atoms with Crippen molar-refractivity contribution in [1.29, 1.82) is 0 Å². The molecule has 0 fully saturated rings. The third-order valence-electron chi connectivity index (χ3n) is 4.13. The summed E-state index contributed by atoms with van der Waals surface area (Å²) in [5.74, 6) is 1.43. The summed E-state index contributed by atoms with van der Waals surface area (Å²) in [5, 5.41) is 15.4. The van der Waals surface area contributed by atoms with Crippen molar-refractivity contribution in [3.05, 3.63) is 63.2 Å². The van der Waals surface area contributed by atoms with Gasteiger partial charge in [0.05, 0.1) is 10.6 Å². The van der Waals surface area contributed by atoms with Crippen molar-refractivity contribution in [2.45, 2.75) is 19.4 Å². The van der Waals surface area contributed by atoms with E-state index in [1.165, 1.54) is 12.1 Å². The summed E-state index contributed by atoms with van der Waals surface area (Å²) in [6.45, 7) is 2.27. The van der Waals surface area contributed by atoms with Crippen LogP contribution in [-0.4, -0.2) is 23.5 Å². The lowest BCUT2D eigenvalue weighted by Crippen LogP contribution is -2.21. The molecule has 0 aliphatic carbocycles. The Morgan fingerprint density at radius 2 is 1.92 bits per heavy atom. The maximum atomic E-state index is 10.8. The van der Waals surface area contributed by atoms with Crippen LogP contribution in [0.25, 0.3) is 0 Å². The Balaban J connectivity index is 1.82. The Kier molecular flexibility index (Phi) is 3.34. The molecule has 0 bridgehead atoms. The third-order valence-corrected chi connectivity index (χ3v) is 4.13. The number of fused-ring (bicyclic) bond motifs is 2. The molecule has 2 aromatic rings. The van der Waals surface area contributed by atoms with Gasteiger partial charge < -0.3 is 14.9 Å². The minimum absolute atomic E-state index is 0.0557. The van der Waals surface area contributed by atoms with Crippen LogP contribution in [0.15, 0.2) is 41.5 Å². The maximum Gasteiger partial charge on any atom is 0.269 e. The van der Waals surface area contributed by atoms with Gasteiger partial charge in [-0.2, -0.15) is 5.10 Å². The summed E-state index contributed by atoms with van der Waals surface area (Å²) in [7, 11) is 0. The molecule has 2 aromatic carbocycles. The third kappa shape index (κ3) is 2.44. The van der Waals surface area contributed by atoms with Crippen molar-refractivity contribution in [1.82, 2.24) is 5.43 Å². The summed E-state index contributed by atoms with van der Waals surface area (Å²) in [5.41, 5.74) is 6.78.